The van der Waals surface area contributed by atoms with Crippen LogP contribution in [0.4, 0.5) is 18.0 Å². The average molecular weight is 398 g/mol. The molecule has 0 N–H and O–H groups in total. The number of carbonyl (C=O) groups excluding carboxylic acids is 2. The Labute approximate surface area is 156 Å². The molecule has 3 rings (SSSR count). The number of rotatable bonds is 3. The van der Waals surface area contributed by atoms with Crippen molar-refractivity contribution in [2.24, 2.45) is 0 Å². The minimum absolute atomic E-state index is 0.0279. The van der Waals surface area contributed by atoms with Crippen molar-refractivity contribution in [2.75, 3.05) is 0 Å². The Kier molecular flexibility index (Phi) is 5.11. The van der Waals surface area contributed by atoms with Crippen molar-refractivity contribution in [1.82, 2.24) is 4.90 Å². The predicted octanol–water partition coefficient (Wildman–Crippen LogP) is 5.60. The highest BCUT2D eigenvalue weighted by molar-refractivity contribution is 8.18. The van der Waals surface area contributed by atoms with E-state index >= 15 is 0 Å². The normalized spacial score (nSPS) is 16.6. The molecule has 0 saturated carbocycles. The number of benzene rings is 2. The van der Waals surface area contributed by atoms with Gasteiger partial charge in [-0.2, -0.15) is 13.2 Å². The summed E-state index contributed by atoms with van der Waals surface area (Å²) < 4.78 is 39.3. The van der Waals surface area contributed by atoms with Crippen LogP contribution in [0.15, 0.2) is 53.4 Å². The van der Waals surface area contributed by atoms with Crippen molar-refractivity contribution in [3.8, 4) is 0 Å². The van der Waals surface area contributed by atoms with Crippen LogP contribution in [0.3, 0.4) is 0 Å². The van der Waals surface area contributed by atoms with Gasteiger partial charge in [-0.05, 0) is 47.2 Å². The number of alkyl halides is 3. The number of amides is 2. The highest BCUT2D eigenvalue weighted by Crippen LogP contribution is 2.37. The predicted molar refractivity (Wildman–Crippen MR) is 94.4 cm³/mol. The van der Waals surface area contributed by atoms with E-state index in [2.05, 4.69) is 0 Å². The van der Waals surface area contributed by atoms with Crippen LogP contribution in [0.1, 0.15) is 16.7 Å². The van der Waals surface area contributed by atoms with E-state index in [1.165, 1.54) is 18.2 Å². The smallest absolute Gasteiger partial charge is 0.268 e. The molecular formula is C18H11ClF3NO2S. The van der Waals surface area contributed by atoms with E-state index in [0.29, 0.717) is 22.3 Å². The Bertz CT molecular complexity index is 894. The third-order valence-electron chi connectivity index (χ3n) is 3.68. The third kappa shape index (κ3) is 3.94. The number of hydrogen-bond acceptors (Lipinski definition) is 3. The summed E-state index contributed by atoms with van der Waals surface area (Å²) in [6, 6.07) is 11.5. The molecule has 0 aliphatic carbocycles. The van der Waals surface area contributed by atoms with Crippen molar-refractivity contribution in [3.63, 3.8) is 0 Å². The quantitative estimate of drug-likeness (QED) is 0.633. The number of carbonyl (C=O) groups is 2. The van der Waals surface area contributed by atoms with Gasteiger partial charge in [-0.25, -0.2) is 0 Å². The third-order valence-corrected chi connectivity index (χ3v) is 4.84. The van der Waals surface area contributed by atoms with Gasteiger partial charge in [0.1, 0.15) is 0 Å². The Morgan fingerprint density at radius 3 is 2.35 bits per heavy atom. The molecule has 1 saturated heterocycles. The molecule has 0 radical (unpaired) electrons. The standard InChI is InChI=1S/C18H11ClF3NO2S/c19-13-7-5-11(6-8-13)10-23-16(24)15(26-17(23)25)9-12-3-1-2-4-14(12)18(20,21)22/h1-9H,10H2/b15-9-. The fourth-order valence-electron chi connectivity index (χ4n) is 2.43. The van der Waals surface area contributed by atoms with E-state index in [1.807, 2.05) is 0 Å². The van der Waals surface area contributed by atoms with E-state index in [9.17, 15) is 22.8 Å². The molecule has 1 heterocycles. The molecule has 134 valence electrons. The zero-order valence-corrected chi connectivity index (χ0v) is 14.7. The van der Waals surface area contributed by atoms with Crippen molar-refractivity contribution < 1.29 is 22.8 Å². The topological polar surface area (TPSA) is 37.4 Å². The van der Waals surface area contributed by atoms with Gasteiger partial charge in [0.05, 0.1) is 17.0 Å². The largest absolute Gasteiger partial charge is 0.416 e. The first kappa shape index (κ1) is 18.5. The first-order valence-electron chi connectivity index (χ1n) is 7.42. The maximum atomic E-state index is 13.1. The van der Waals surface area contributed by atoms with Gasteiger partial charge in [-0.15, -0.1) is 0 Å². The van der Waals surface area contributed by atoms with E-state index in [4.69, 9.17) is 11.6 Å². The van der Waals surface area contributed by atoms with Gasteiger partial charge in [-0.1, -0.05) is 41.9 Å². The fraction of sp³-hybridized carbons (Fsp3) is 0.111. The molecule has 0 atom stereocenters. The molecule has 1 fully saturated rings. The number of imide groups is 1. The lowest BCUT2D eigenvalue weighted by atomic mass is 10.1. The molecule has 1 aliphatic heterocycles. The van der Waals surface area contributed by atoms with Crippen LogP contribution < -0.4 is 0 Å². The minimum atomic E-state index is -4.55. The summed E-state index contributed by atoms with van der Waals surface area (Å²) in [5, 5.41) is -0.00719. The Morgan fingerprint density at radius 1 is 1.04 bits per heavy atom. The second-order valence-electron chi connectivity index (χ2n) is 5.48. The van der Waals surface area contributed by atoms with E-state index in [-0.39, 0.29) is 17.0 Å². The average Bonchev–Trinajstić information content (AvgIpc) is 2.84. The summed E-state index contributed by atoms with van der Waals surface area (Å²) in [4.78, 5) is 25.5. The summed E-state index contributed by atoms with van der Waals surface area (Å²) in [6.07, 6.45) is -3.44. The maximum Gasteiger partial charge on any atom is 0.416 e. The molecule has 3 nitrogen and oxygen atoms in total. The Balaban J connectivity index is 1.87. The number of thioether (sulfide) groups is 1. The van der Waals surface area contributed by atoms with Gasteiger partial charge < -0.3 is 0 Å². The fourth-order valence-corrected chi connectivity index (χ4v) is 3.39. The van der Waals surface area contributed by atoms with Crippen LogP contribution in [0, 0.1) is 0 Å². The second-order valence-corrected chi connectivity index (χ2v) is 6.91. The summed E-state index contributed by atoms with van der Waals surface area (Å²) in [7, 11) is 0. The number of nitrogens with zero attached hydrogens (tertiary/aromatic N) is 1. The molecule has 2 aromatic carbocycles. The zero-order chi connectivity index (χ0) is 18.9. The number of hydrogen-bond donors (Lipinski definition) is 0. The molecule has 1 aliphatic rings. The first-order valence-corrected chi connectivity index (χ1v) is 8.61. The molecule has 2 aromatic rings. The molecule has 0 aromatic heterocycles. The van der Waals surface area contributed by atoms with Crippen LogP contribution in [0.25, 0.3) is 6.08 Å². The van der Waals surface area contributed by atoms with Crippen LogP contribution >= 0.6 is 23.4 Å². The lowest BCUT2D eigenvalue weighted by Crippen LogP contribution is -2.27. The van der Waals surface area contributed by atoms with Crippen molar-refractivity contribution in [1.29, 1.82) is 0 Å². The maximum absolute atomic E-state index is 13.1. The zero-order valence-electron chi connectivity index (χ0n) is 13.1. The highest BCUT2D eigenvalue weighted by Gasteiger charge is 2.37. The van der Waals surface area contributed by atoms with Crippen molar-refractivity contribution in [2.45, 2.75) is 12.7 Å². The summed E-state index contributed by atoms with van der Waals surface area (Å²) >= 11 is 6.42. The van der Waals surface area contributed by atoms with E-state index in [0.717, 1.165) is 17.0 Å². The van der Waals surface area contributed by atoms with Crippen LogP contribution in [-0.2, 0) is 17.5 Å². The van der Waals surface area contributed by atoms with Crippen molar-refractivity contribution >= 4 is 40.6 Å². The van der Waals surface area contributed by atoms with Gasteiger partial charge in [0, 0.05) is 5.02 Å². The highest BCUT2D eigenvalue weighted by atomic mass is 35.5. The van der Waals surface area contributed by atoms with Crippen LogP contribution in [-0.4, -0.2) is 16.0 Å². The molecule has 0 bridgehead atoms. The van der Waals surface area contributed by atoms with Gasteiger partial charge in [0.2, 0.25) is 0 Å². The molecule has 0 unspecified atom stereocenters. The molecule has 8 heteroatoms. The minimum Gasteiger partial charge on any atom is -0.268 e. The Morgan fingerprint density at radius 2 is 1.69 bits per heavy atom. The summed E-state index contributed by atoms with van der Waals surface area (Å²) in [5.41, 5.74) is -0.324. The SMILES string of the molecule is O=C1S/C(=C\c2ccccc2C(F)(F)F)C(=O)N1Cc1ccc(Cl)cc1. The van der Waals surface area contributed by atoms with E-state index in [1.54, 1.807) is 24.3 Å². The lowest BCUT2D eigenvalue weighted by Gasteiger charge is -2.12. The van der Waals surface area contributed by atoms with Crippen LogP contribution in [0.2, 0.25) is 5.02 Å². The molecule has 2 amide bonds. The van der Waals surface area contributed by atoms with Gasteiger partial charge in [0.25, 0.3) is 11.1 Å². The van der Waals surface area contributed by atoms with Crippen molar-refractivity contribution in [3.05, 3.63) is 75.1 Å². The van der Waals surface area contributed by atoms with Gasteiger partial charge in [0.15, 0.2) is 0 Å². The van der Waals surface area contributed by atoms with Gasteiger partial charge >= 0.3 is 6.18 Å². The van der Waals surface area contributed by atoms with E-state index < -0.39 is 22.9 Å². The Hall–Kier alpha value is -2.25. The first-order chi connectivity index (χ1) is 12.3. The molecular weight excluding hydrogens is 387 g/mol. The lowest BCUT2D eigenvalue weighted by molar-refractivity contribution is -0.137. The van der Waals surface area contributed by atoms with Gasteiger partial charge in [-0.3, -0.25) is 14.5 Å². The molecule has 26 heavy (non-hydrogen) atoms. The second kappa shape index (κ2) is 7.17. The summed E-state index contributed by atoms with van der Waals surface area (Å²) in [6.45, 7) is 0.0279. The summed E-state index contributed by atoms with van der Waals surface area (Å²) in [5.74, 6) is -0.619. The monoisotopic (exact) mass is 397 g/mol. The molecule has 0 spiro atoms. The van der Waals surface area contributed by atoms with Crippen LogP contribution in [0.5, 0.6) is 0 Å². The number of halogens is 4.